The van der Waals surface area contributed by atoms with Gasteiger partial charge in [0.25, 0.3) is 0 Å². The SMILES string of the molecule is CCNCc1ccc2nc(-c3ccccc3C)oc2c1. The van der Waals surface area contributed by atoms with E-state index in [0.29, 0.717) is 5.89 Å². The van der Waals surface area contributed by atoms with E-state index in [1.54, 1.807) is 0 Å². The normalized spacial score (nSPS) is 11.1. The Morgan fingerprint density at radius 2 is 2.00 bits per heavy atom. The predicted octanol–water partition coefficient (Wildman–Crippen LogP) is 3.91. The van der Waals surface area contributed by atoms with Gasteiger partial charge < -0.3 is 9.73 Å². The highest BCUT2D eigenvalue weighted by Gasteiger charge is 2.10. The molecule has 0 radical (unpaired) electrons. The minimum atomic E-state index is 0.693. The Balaban J connectivity index is 2.00. The first-order valence-corrected chi connectivity index (χ1v) is 6.94. The number of nitrogens with one attached hydrogen (secondary N) is 1. The lowest BCUT2D eigenvalue weighted by Crippen LogP contribution is -2.11. The highest BCUT2D eigenvalue weighted by atomic mass is 16.3. The van der Waals surface area contributed by atoms with E-state index >= 15 is 0 Å². The Kier molecular flexibility index (Phi) is 3.52. The third kappa shape index (κ3) is 2.45. The molecule has 0 saturated carbocycles. The molecule has 20 heavy (non-hydrogen) atoms. The maximum absolute atomic E-state index is 5.92. The van der Waals surface area contributed by atoms with Crippen molar-refractivity contribution in [1.29, 1.82) is 0 Å². The van der Waals surface area contributed by atoms with Gasteiger partial charge in [-0.2, -0.15) is 0 Å². The van der Waals surface area contributed by atoms with Crippen molar-refractivity contribution < 1.29 is 4.42 Å². The summed E-state index contributed by atoms with van der Waals surface area (Å²) in [5.74, 6) is 0.693. The average molecular weight is 266 g/mol. The van der Waals surface area contributed by atoms with Gasteiger partial charge in [0.1, 0.15) is 5.52 Å². The van der Waals surface area contributed by atoms with Crippen molar-refractivity contribution in [3.05, 3.63) is 53.6 Å². The van der Waals surface area contributed by atoms with E-state index in [1.165, 1.54) is 11.1 Å². The van der Waals surface area contributed by atoms with Gasteiger partial charge in [-0.25, -0.2) is 4.98 Å². The number of nitrogens with zero attached hydrogens (tertiary/aromatic N) is 1. The first-order valence-electron chi connectivity index (χ1n) is 6.94. The van der Waals surface area contributed by atoms with E-state index in [-0.39, 0.29) is 0 Å². The number of hydrogen-bond donors (Lipinski definition) is 1. The van der Waals surface area contributed by atoms with Crippen LogP contribution in [0.5, 0.6) is 0 Å². The van der Waals surface area contributed by atoms with Crippen molar-refractivity contribution in [2.75, 3.05) is 6.54 Å². The zero-order valence-electron chi connectivity index (χ0n) is 11.8. The smallest absolute Gasteiger partial charge is 0.227 e. The van der Waals surface area contributed by atoms with Crippen LogP contribution in [0.2, 0.25) is 0 Å². The fourth-order valence-corrected chi connectivity index (χ4v) is 2.28. The number of oxazole rings is 1. The summed E-state index contributed by atoms with van der Waals surface area (Å²) in [5, 5.41) is 3.31. The van der Waals surface area contributed by atoms with Crippen LogP contribution in [0.1, 0.15) is 18.1 Å². The second-order valence-electron chi connectivity index (χ2n) is 4.92. The van der Waals surface area contributed by atoms with Gasteiger partial charge in [-0.15, -0.1) is 0 Å². The minimum absolute atomic E-state index is 0.693. The summed E-state index contributed by atoms with van der Waals surface area (Å²) in [6, 6.07) is 14.3. The second-order valence-corrected chi connectivity index (χ2v) is 4.92. The Labute approximate surface area is 118 Å². The van der Waals surface area contributed by atoms with E-state index in [0.717, 1.165) is 29.8 Å². The van der Waals surface area contributed by atoms with Gasteiger partial charge >= 0.3 is 0 Å². The van der Waals surface area contributed by atoms with Crippen molar-refractivity contribution in [1.82, 2.24) is 10.3 Å². The van der Waals surface area contributed by atoms with Crippen molar-refractivity contribution in [3.63, 3.8) is 0 Å². The van der Waals surface area contributed by atoms with Crippen LogP contribution in [0.3, 0.4) is 0 Å². The topological polar surface area (TPSA) is 38.1 Å². The highest BCUT2D eigenvalue weighted by Crippen LogP contribution is 2.27. The van der Waals surface area contributed by atoms with Gasteiger partial charge in [0.15, 0.2) is 5.58 Å². The Morgan fingerprint density at radius 1 is 1.15 bits per heavy atom. The molecule has 3 heteroatoms. The molecule has 3 aromatic rings. The van der Waals surface area contributed by atoms with Crippen LogP contribution in [0, 0.1) is 6.92 Å². The van der Waals surface area contributed by atoms with Gasteiger partial charge in [-0.05, 0) is 42.8 Å². The van der Waals surface area contributed by atoms with E-state index in [9.17, 15) is 0 Å². The molecule has 0 aliphatic rings. The van der Waals surface area contributed by atoms with Gasteiger partial charge in [-0.1, -0.05) is 31.2 Å². The monoisotopic (exact) mass is 266 g/mol. The van der Waals surface area contributed by atoms with E-state index in [2.05, 4.69) is 42.3 Å². The summed E-state index contributed by atoms with van der Waals surface area (Å²) < 4.78 is 5.92. The van der Waals surface area contributed by atoms with Crippen molar-refractivity contribution >= 4 is 11.1 Å². The molecule has 0 aliphatic heterocycles. The number of rotatable bonds is 4. The summed E-state index contributed by atoms with van der Waals surface area (Å²) in [6.07, 6.45) is 0. The Bertz CT molecular complexity index is 731. The number of benzene rings is 2. The van der Waals surface area contributed by atoms with E-state index in [4.69, 9.17) is 4.42 Å². The summed E-state index contributed by atoms with van der Waals surface area (Å²) in [7, 11) is 0. The molecule has 1 aromatic heterocycles. The van der Waals surface area contributed by atoms with Crippen LogP contribution in [-0.4, -0.2) is 11.5 Å². The van der Waals surface area contributed by atoms with Crippen molar-refractivity contribution in [2.45, 2.75) is 20.4 Å². The summed E-state index contributed by atoms with van der Waals surface area (Å²) in [5.41, 5.74) is 5.19. The van der Waals surface area contributed by atoms with Crippen LogP contribution in [-0.2, 0) is 6.54 Å². The average Bonchev–Trinajstić information content (AvgIpc) is 2.88. The quantitative estimate of drug-likeness (QED) is 0.778. The molecule has 3 nitrogen and oxygen atoms in total. The third-order valence-corrected chi connectivity index (χ3v) is 3.41. The van der Waals surface area contributed by atoms with Crippen LogP contribution < -0.4 is 5.32 Å². The van der Waals surface area contributed by atoms with Crippen LogP contribution in [0.25, 0.3) is 22.6 Å². The molecule has 3 rings (SSSR count). The highest BCUT2D eigenvalue weighted by molar-refractivity contribution is 5.77. The predicted molar refractivity (Wildman–Crippen MR) is 81.6 cm³/mol. The van der Waals surface area contributed by atoms with Gasteiger partial charge in [0.05, 0.1) is 0 Å². The molecule has 102 valence electrons. The maximum Gasteiger partial charge on any atom is 0.227 e. The molecule has 0 unspecified atom stereocenters. The van der Waals surface area contributed by atoms with Crippen LogP contribution >= 0.6 is 0 Å². The first kappa shape index (κ1) is 12.9. The lowest BCUT2D eigenvalue weighted by atomic mass is 10.1. The van der Waals surface area contributed by atoms with E-state index < -0.39 is 0 Å². The zero-order valence-corrected chi connectivity index (χ0v) is 11.8. The van der Waals surface area contributed by atoms with Gasteiger partial charge in [0, 0.05) is 12.1 Å². The largest absolute Gasteiger partial charge is 0.436 e. The van der Waals surface area contributed by atoms with Gasteiger partial charge in [-0.3, -0.25) is 0 Å². The number of fused-ring (bicyclic) bond motifs is 1. The molecule has 2 aromatic carbocycles. The lowest BCUT2D eigenvalue weighted by molar-refractivity contribution is 0.618. The van der Waals surface area contributed by atoms with Crippen LogP contribution in [0.4, 0.5) is 0 Å². The molecular formula is C17H18N2O. The molecule has 1 N–H and O–H groups in total. The van der Waals surface area contributed by atoms with E-state index in [1.807, 2.05) is 24.3 Å². The molecule has 0 saturated heterocycles. The molecule has 0 bridgehead atoms. The van der Waals surface area contributed by atoms with Crippen molar-refractivity contribution in [3.8, 4) is 11.5 Å². The maximum atomic E-state index is 5.92. The lowest BCUT2D eigenvalue weighted by Gasteiger charge is -2.00. The second kappa shape index (κ2) is 5.47. The van der Waals surface area contributed by atoms with Crippen LogP contribution in [0.15, 0.2) is 46.9 Å². The summed E-state index contributed by atoms with van der Waals surface area (Å²) in [6.45, 7) is 5.99. The fraction of sp³-hybridized carbons (Fsp3) is 0.235. The minimum Gasteiger partial charge on any atom is -0.436 e. The summed E-state index contributed by atoms with van der Waals surface area (Å²) >= 11 is 0. The molecule has 0 atom stereocenters. The molecule has 0 aliphatic carbocycles. The standard InChI is InChI=1S/C17H18N2O/c1-3-18-11-13-8-9-15-16(10-13)20-17(19-15)14-7-5-4-6-12(14)2/h4-10,18H,3,11H2,1-2H3. The third-order valence-electron chi connectivity index (χ3n) is 3.41. The number of hydrogen-bond acceptors (Lipinski definition) is 3. The summed E-state index contributed by atoms with van der Waals surface area (Å²) in [4.78, 5) is 4.58. The Morgan fingerprint density at radius 3 is 2.80 bits per heavy atom. The molecular weight excluding hydrogens is 248 g/mol. The molecule has 1 heterocycles. The van der Waals surface area contributed by atoms with Gasteiger partial charge in [0.2, 0.25) is 5.89 Å². The fourth-order valence-electron chi connectivity index (χ4n) is 2.28. The van der Waals surface area contributed by atoms with Crippen molar-refractivity contribution in [2.24, 2.45) is 0 Å². The molecule has 0 fully saturated rings. The zero-order chi connectivity index (χ0) is 13.9. The number of aryl methyl sites for hydroxylation is 1. The molecule has 0 spiro atoms. The Hall–Kier alpha value is -2.13. The molecule has 0 amide bonds. The number of aromatic nitrogens is 1. The first-order chi connectivity index (χ1) is 9.78.